The van der Waals surface area contributed by atoms with E-state index in [1.54, 1.807) is 30.3 Å². The van der Waals surface area contributed by atoms with Gasteiger partial charge in [0.2, 0.25) is 10.0 Å². The molecule has 10 heteroatoms. The second-order valence-electron chi connectivity index (χ2n) is 6.74. The number of non-ortho nitro benzene ring substituents is 1. The fourth-order valence-corrected chi connectivity index (χ4v) is 4.03. The summed E-state index contributed by atoms with van der Waals surface area (Å²) in [6, 6.07) is 16.4. The number of hydrogen-bond donors (Lipinski definition) is 1. The first-order valence-electron chi connectivity index (χ1n) is 9.23. The van der Waals surface area contributed by atoms with Gasteiger partial charge in [-0.25, -0.2) is 8.42 Å². The van der Waals surface area contributed by atoms with E-state index in [0.29, 0.717) is 0 Å². The standard InChI is InChI=1S/C22H17F3N2O4S/c23-22(24,25)18-9-7-17(8-10-18)21(15-6-16-4-2-1-3-5-16)26-32(30,31)20-13-11-19(12-14-20)27(28)29/h1-15,21,26H/b15-6+/t21-/m1/s1. The molecule has 3 rings (SSSR count). The summed E-state index contributed by atoms with van der Waals surface area (Å²) in [6.45, 7) is 0. The minimum atomic E-state index is -4.52. The Hall–Kier alpha value is -3.50. The van der Waals surface area contributed by atoms with Gasteiger partial charge in [-0.2, -0.15) is 17.9 Å². The van der Waals surface area contributed by atoms with E-state index in [-0.39, 0.29) is 16.1 Å². The first-order valence-corrected chi connectivity index (χ1v) is 10.7. The minimum absolute atomic E-state index is 0.215. The van der Waals surface area contributed by atoms with Crippen molar-refractivity contribution in [1.29, 1.82) is 0 Å². The van der Waals surface area contributed by atoms with Crippen LogP contribution in [0.5, 0.6) is 0 Å². The lowest BCUT2D eigenvalue weighted by atomic mass is 10.0. The average Bonchev–Trinajstić information content (AvgIpc) is 2.77. The number of rotatable bonds is 7. The van der Waals surface area contributed by atoms with Crippen molar-refractivity contribution in [2.75, 3.05) is 0 Å². The van der Waals surface area contributed by atoms with Crippen molar-refractivity contribution in [2.24, 2.45) is 0 Å². The van der Waals surface area contributed by atoms with Crippen LogP contribution in [0.15, 0.2) is 89.8 Å². The molecule has 0 fully saturated rings. The number of sulfonamides is 1. The fourth-order valence-electron chi connectivity index (χ4n) is 2.85. The molecular formula is C22H17F3N2O4S. The molecule has 0 radical (unpaired) electrons. The highest BCUT2D eigenvalue weighted by Gasteiger charge is 2.30. The van der Waals surface area contributed by atoms with E-state index in [2.05, 4.69) is 4.72 Å². The third-order valence-electron chi connectivity index (χ3n) is 4.52. The number of nitrogens with one attached hydrogen (secondary N) is 1. The predicted octanol–water partition coefficient (Wildman–Crippen LogP) is 5.35. The van der Waals surface area contributed by atoms with Crippen molar-refractivity contribution in [3.63, 3.8) is 0 Å². The lowest BCUT2D eigenvalue weighted by Gasteiger charge is -2.17. The zero-order chi connectivity index (χ0) is 23.4. The first kappa shape index (κ1) is 23.2. The van der Waals surface area contributed by atoms with Crippen LogP contribution in [-0.2, 0) is 16.2 Å². The molecule has 0 spiro atoms. The highest BCUT2D eigenvalue weighted by molar-refractivity contribution is 7.89. The molecule has 0 heterocycles. The van der Waals surface area contributed by atoms with Gasteiger partial charge in [0, 0.05) is 12.1 Å². The van der Waals surface area contributed by atoms with Crippen LogP contribution in [0.2, 0.25) is 0 Å². The molecule has 1 atom stereocenters. The van der Waals surface area contributed by atoms with Crippen LogP contribution < -0.4 is 4.72 Å². The zero-order valence-corrected chi connectivity index (χ0v) is 17.2. The maximum Gasteiger partial charge on any atom is 0.416 e. The normalized spacial score (nSPS) is 13.2. The molecule has 0 aliphatic rings. The largest absolute Gasteiger partial charge is 0.416 e. The highest BCUT2D eigenvalue weighted by atomic mass is 32.2. The van der Waals surface area contributed by atoms with Crippen molar-refractivity contribution >= 4 is 21.8 Å². The van der Waals surface area contributed by atoms with Gasteiger partial charge in [0.1, 0.15) is 0 Å². The van der Waals surface area contributed by atoms with Crippen molar-refractivity contribution in [1.82, 2.24) is 4.72 Å². The molecule has 3 aromatic rings. The summed E-state index contributed by atoms with van der Waals surface area (Å²) in [5.74, 6) is 0. The molecule has 3 aromatic carbocycles. The summed E-state index contributed by atoms with van der Waals surface area (Å²) in [7, 11) is -4.14. The van der Waals surface area contributed by atoms with Gasteiger partial charge >= 0.3 is 6.18 Å². The Morgan fingerprint density at radius 3 is 2.03 bits per heavy atom. The summed E-state index contributed by atoms with van der Waals surface area (Å²) >= 11 is 0. The smallest absolute Gasteiger partial charge is 0.258 e. The Morgan fingerprint density at radius 1 is 0.906 bits per heavy atom. The van der Waals surface area contributed by atoms with Crippen LogP contribution in [0, 0.1) is 10.1 Å². The fraction of sp³-hybridized carbons (Fsp3) is 0.0909. The van der Waals surface area contributed by atoms with E-state index in [0.717, 1.165) is 42.0 Å². The van der Waals surface area contributed by atoms with E-state index in [1.165, 1.54) is 18.2 Å². The number of nitrogens with zero attached hydrogens (tertiary/aromatic N) is 1. The quantitative estimate of drug-likeness (QED) is 0.379. The third-order valence-corrected chi connectivity index (χ3v) is 5.97. The molecule has 0 saturated carbocycles. The van der Waals surface area contributed by atoms with Gasteiger partial charge in [0.05, 0.1) is 21.4 Å². The SMILES string of the molecule is O=[N+]([O-])c1ccc(S(=O)(=O)N[C@H](/C=C/c2ccccc2)c2ccc(C(F)(F)F)cc2)cc1. The Balaban J connectivity index is 1.94. The molecule has 0 aliphatic carbocycles. The van der Waals surface area contributed by atoms with E-state index in [4.69, 9.17) is 0 Å². The highest BCUT2D eigenvalue weighted by Crippen LogP contribution is 2.30. The van der Waals surface area contributed by atoms with Gasteiger partial charge in [0.15, 0.2) is 0 Å². The first-order chi connectivity index (χ1) is 15.1. The number of nitro benzene ring substituents is 1. The molecule has 0 saturated heterocycles. The van der Waals surface area contributed by atoms with Crippen LogP contribution in [0.1, 0.15) is 22.7 Å². The molecular weight excluding hydrogens is 445 g/mol. The van der Waals surface area contributed by atoms with Gasteiger partial charge < -0.3 is 0 Å². The number of hydrogen-bond acceptors (Lipinski definition) is 4. The van der Waals surface area contributed by atoms with E-state index < -0.39 is 32.7 Å². The third kappa shape index (κ3) is 5.80. The van der Waals surface area contributed by atoms with Crippen LogP contribution in [0.4, 0.5) is 18.9 Å². The summed E-state index contributed by atoms with van der Waals surface area (Å²) in [6.07, 6.45) is -1.37. The monoisotopic (exact) mass is 462 g/mol. The second kappa shape index (κ2) is 9.33. The van der Waals surface area contributed by atoms with Gasteiger partial charge in [-0.05, 0) is 35.4 Å². The molecule has 0 bridgehead atoms. The Bertz CT molecular complexity index is 1210. The zero-order valence-electron chi connectivity index (χ0n) is 16.4. The van der Waals surface area contributed by atoms with Gasteiger partial charge in [-0.1, -0.05) is 54.6 Å². The Morgan fingerprint density at radius 2 is 1.50 bits per heavy atom. The van der Waals surface area contributed by atoms with Crippen molar-refractivity contribution < 1.29 is 26.5 Å². The van der Waals surface area contributed by atoms with Gasteiger partial charge in [-0.3, -0.25) is 10.1 Å². The maximum absolute atomic E-state index is 12.9. The molecule has 166 valence electrons. The van der Waals surface area contributed by atoms with Crippen molar-refractivity contribution in [3.05, 3.63) is 112 Å². The van der Waals surface area contributed by atoms with Gasteiger partial charge in [-0.15, -0.1) is 0 Å². The number of halogens is 3. The molecule has 32 heavy (non-hydrogen) atoms. The number of alkyl halides is 3. The lowest BCUT2D eigenvalue weighted by Crippen LogP contribution is -2.27. The van der Waals surface area contributed by atoms with Crippen molar-refractivity contribution in [2.45, 2.75) is 17.1 Å². The summed E-state index contributed by atoms with van der Waals surface area (Å²) < 4.78 is 66.8. The molecule has 0 unspecified atom stereocenters. The molecule has 0 aromatic heterocycles. The topological polar surface area (TPSA) is 89.3 Å². The van der Waals surface area contributed by atoms with E-state index in [9.17, 15) is 31.7 Å². The molecule has 1 N–H and O–H groups in total. The summed E-state index contributed by atoms with van der Waals surface area (Å²) in [5, 5.41) is 10.8. The maximum atomic E-state index is 12.9. The second-order valence-corrected chi connectivity index (χ2v) is 8.45. The molecule has 6 nitrogen and oxygen atoms in total. The minimum Gasteiger partial charge on any atom is -0.258 e. The molecule has 0 amide bonds. The Labute approximate surface area is 182 Å². The van der Waals surface area contributed by atoms with E-state index >= 15 is 0 Å². The lowest BCUT2D eigenvalue weighted by molar-refractivity contribution is -0.384. The Kier molecular flexibility index (Phi) is 6.75. The van der Waals surface area contributed by atoms with Crippen LogP contribution in [0.3, 0.4) is 0 Å². The van der Waals surface area contributed by atoms with E-state index in [1.807, 2.05) is 6.07 Å². The number of nitro groups is 1. The summed E-state index contributed by atoms with van der Waals surface area (Å²) in [4.78, 5) is 9.92. The molecule has 0 aliphatic heterocycles. The predicted molar refractivity (Wildman–Crippen MR) is 113 cm³/mol. The van der Waals surface area contributed by atoms with Crippen LogP contribution in [-0.4, -0.2) is 13.3 Å². The average molecular weight is 462 g/mol. The van der Waals surface area contributed by atoms with Crippen LogP contribution in [0.25, 0.3) is 6.08 Å². The summed E-state index contributed by atoms with van der Waals surface area (Å²) in [5.41, 5.74) is -0.0768. The number of benzene rings is 3. The van der Waals surface area contributed by atoms with Crippen molar-refractivity contribution in [3.8, 4) is 0 Å². The van der Waals surface area contributed by atoms with Crippen LogP contribution >= 0.6 is 0 Å². The van der Waals surface area contributed by atoms with Gasteiger partial charge in [0.25, 0.3) is 5.69 Å².